The summed E-state index contributed by atoms with van der Waals surface area (Å²) in [6, 6.07) is 0. The third-order valence-corrected chi connectivity index (χ3v) is 2.22. The Bertz CT molecular complexity index is 260. The maximum atomic E-state index is 9.86. The molecule has 13 heavy (non-hydrogen) atoms. The number of hydrogen-bond donors (Lipinski definition) is 3. The van der Waals surface area contributed by atoms with Gasteiger partial charge in [0.15, 0.2) is 0 Å². The molecule has 0 bridgehead atoms. The number of nitrogens with one attached hydrogen (secondary N) is 2. The highest BCUT2D eigenvalue weighted by Crippen LogP contribution is 2.20. The molecule has 70 valence electrons. The van der Waals surface area contributed by atoms with Crippen LogP contribution in [-0.2, 0) is 0 Å². The van der Waals surface area contributed by atoms with Crippen LogP contribution in [0.3, 0.4) is 0 Å². The number of hydrazine groups is 1. The number of aromatic nitrogens is 2. The minimum absolute atomic E-state index is 0.200. The maximum absolute atomic E-state index is 9.86. The Kier molecular flexibility index (Phi) is 2.49. The molecule has 5 heteroatoms. The van der Waals surface area contributed by atoms with E-state index in [1.54, 1.807) is 12.4 Å². The van der Waals surface area contributed by atoms with Gasteiger partial charge in [-0.3, -0.25) is 10.9 Å². The zero-order valence-corrected chi connectivity index (χ0v) is 7.14. The van der Waals surface area contributed by atoms with Crippen molar-refractivity contribution in [1.82, 2.24) is 20.8 Å². The molecule has 0 radical (unpaired) electrons. The monoisotopic (exact) mass is 180 g/mol. The molecule has 5 nitrogen and oxygen atoms in total. The molecule has 1 atom stereocenters. The molecule has 1 aliphatic heterocycles. The summed E-state index contributed by atoms with van der Waals surface area (Å²) in [5.41, 5.74) is 6.72. The summed E-state index contributed by atoms with van der Waals surface area (Å²) in [6.07, 6.45) is 4.27. The molecule has 3 N–H and O–H groups in total. The fraction of sp³-hybridized carbons (Fsp3) is 0.500. The predicted octanol–water partition coefficient (Wildman–Crippen LogP) is -0.766. The standard InChI is InChI=1S/C8H12N4O/c13-8(7-3-11-12-4-7)6-1-9-5-10-2-6/h1-2,5,7-8,11-13H,3-4H2. The summed E-state index contributed by atoms with van der Waals surface area (Å²) in [5.74, 6) is 0.200. The molecule has 1 fully saturated rings. The molecule has 1 saturated heterocycles. The molecule has 1 unspecified atom stereocenters. The average Bonchev–Trinajstić information content (AvgIpc) is 2.71. The van der Waals surface area contributed by atoms with E-state index in [0.717, 1.165) is 18.7 Å². The molecule has 2 heterocycles. The van der Waals surface area contributed by atoms with Crippen molar-refractivity contribution in [2.75, 3.05) is 13.1 Å². The molecule has 0 aromatic carbocycles. The number of nitrogens with zero attached hydrogens (tertiary/aromatic N) is 2. The zero-order valence-electron chi connectivity index (χ0n) is 7.14. The van der Waals surface area contributed by atoms with Crippen LogP contribution in [0.4, 0.5) is 0 Å². The number of aliphatic hydroxyl groups excluding tert-OH is 1. The Balaban J connectivity index is 2.08. The van der Waals surface area contributed by atoms with Crippen LogP contribution in [0.25, 0.3) is 0 Å². The van der Waals surface area contributed by atoms with E-state index in [9.17, 15) is 5.11 Å². The van der Waals surface area contributed by atoms with E-state index in [-0.39, 0.29) is 5.92 Å². The van der Waals surface area contributed by atoms with Crippen molar-refractivity contribution >= 4 is 0 Å². The fourth-order valence-corrected chi connectivity index (χ4v) is 1.44. The second-order valence-electron chi connectivity index (χ2n) is 3.14. The molecule has 0 spiro atoms. The summed E-state index contributed by atoms with van der Waals surface area (Å²) in [5, 5.41) is 9.86. The first kappa shape index (κ1) is 8.55. The van der Waals surface area contributed by atoms with Gasteiger partial charge in [-0.2, -0.15) is 0 Å². The molecule has 1 aromatic heterocycles. The number of aliphatic hydroxyl groups is 1. The Morgan fingerprint density at radius 1 is 1.31 bits per heavy atom. The van der Waals surface area contributed by atoms with Crippen molar-refractivity contribution in [3.05, 3.63) is 24.3 Å². The van der Waals surface area contributed by atoms with Crippen molar-refractivity contribution in [2.45, 2.75) is 6.10 Å². The van der Waals surface area contributed by atoms with E-state index >= 15 is 0 Å². The molecule has 0 amide bonds. The largest absolute Gasteiger partial charge is 0.388 e. The third kappa shape index (κ3) is 1.82. The van der Waals surface area contributed by atoms with E-state index in [0.29, 0.717) is 0 Å². The molecular formula is C8H12N4O. The third-order valence-electron chi connectivity index (χ3n) is 2.22. The highest BCUT2D eigenvalue weighted by Gasteiger charge is 2.24. The van der Waals surface area contributed by atoms with Gasteiger partial charge in [-0.25, -0.2) is 9.97 Å². The first-order valence-electron chi connectivity index (χ1n) is 4.26. The molecule has 0 aliphatic carbocycles. The lowest BCUT2D eigenvalue weighted by Crippen LogP contribution is -2.21. The van der Waals surface area contributed by atoms with Crippen molar-refractivity contribution < 1.29 is 5.11 Å². The van der Waals surface area contributed by atoms with Crippen LogP contribution in [-0.4, -0.2) is 28.2 Å². The summed E-state index contributed by atoms with van der Waals surface area (Å²) in [4.78, 5) is 7.73. The first-order valence-corrected chi connectivity index (χ1v) is 4.26. The maximum Gasteiger partial charge on any atom is 0.115 e. The fourth-order valence-electron chi connectivity index (χ4n) is 1.44. The molecular weight excluding hydrogens is 168 g/mol. The normalized spacial score (nSPS) is 20.4. The van der Waals surface area contributed by atoms with E-state index in [1.165, 1.54) is 6.33 Å². The predicted molar refractivity (Wildman–Crippen MR) is 46.5 cm³/mol. The van der Waals surface area contributed by atoms with Crippen LogP contribution in [0.15, 0.2) is 18.7 Å². The van der Waals surface area contributed by atoms with E-state index in [2.05, 4.69) is 20.8 Å². The first-order chi connectivity index (χ1) is 6.38. The quantitative estimate of drug-likeness (QED) is 0.558. The van der Waals surface area contributed by atoms with Crippen LogP contribution < -0.4 is 10.9 Å². The van der Waals surface area contributed by atoms with Crippen LogP contribution in [0.1, 0.15) is 11.7 Å². The lowest BCUT2D eigenvalue weighted by atomic mass is 9.99. The highest BCUT2D eigenvalue weighted by atomic mass is 16.3. The summed E-state index contributed by atoms with van der Waals surface area (Å²) in [6.45, 7) is 1.55. The van der Waals surface area contributed by atoms with Gasteiger partial charge in [0.1, 0.15) is 6.33 Å². The summed E-state index contributed by atoms with van der Waals surface area (Å²) < 4.78 is 0. The smallest absolute Gasteiger partial charge is 0.115 e. The van der Waals surface area contributed by atoms with Gasteiger partial charge in [0, 0.05) is 37.0 Å². The van der Waals surface area contributed by atoms with Crippen molar-refractivity contribution in [3.63, 3.8) is 0 Å². The van der Waals surface area contributed by atoms with Crippen LogP contribution in [0.5, 0.6) is 0 Å². The van der Waals surface area contributed by atoms with E-state index < -0.39 is 6.10 Å². The molecule has 2 rings (SSSR count). The van der Waals surface area contributed by atoms with Gasteiger partial charge in [0.25, 0.3) is 0 Å². The molecule has 1 aromatic rings. The lowest BCUT2D eigenvalue weighted by Gasteiger charge is -2.15. The minimum atomic E-state index is -0.483. The Morgan fingerprint density at radius 2 is 1.92 bits per heavy atom. The van der Waals surface area contributed by atoms with Gasteiger partial charge in [-0.15, -0.1) is 0 Å². The summed E-state index contributed by atoms with van der Waals surface area (Å²) in [7, 11) is 0. The van der Waals surface area contributed by atoms with Gasteiger partial charge < -0.3 is 5.11 Å². The number of hydrogen-bond acceptors (Lipinski definition) is 5. The SMILES string of the molecule is OC(c1cncnc1)C1CNNC1. The molecule has 1 aliphatic rings. The van der Waals surface area contributed by atoms with E-state index in [4.69, 9.17) is 0 Å². The Morgan fingerprint density at radius 3 is 2.54 bits per heavy atom. The van der Waals surface area contributed by atoms with Crippen molar-refractivity contribution in [3.8, 4) is 0 Å². The van der Waals surface area contributed by atoms with E-state index in [1.807, 2.05) is 0 Å². The highest BCUT2D eigenvalue weighted by molar-refractivity contribution is 5.08. The van der Waals surface area contributed by atoms with Crippen molar-refractivity contribution in [2.24, 2.45) is 5.92 Å². The zero-order chi connectivity index (χ0) is 9.10. The van der Waals surface area contributed by atoms with Crippen LogP contribution >= 0.6 is 0 Å². The van der Waals surface area contributed by atoms with Gasteiger partial charge >= 0.3 is 0 Å². The Labute approximate surface area is 76.2 Å². The second kappa shape index (κ2) is 3.78. The average molecular weight is 180 g/mol. The molecule has 0 saturated carbocycles. The van der Waals surface area contributed by atoms with Crippen LogP contribution in [0, 0.1) is 5.92 Å². The Hall–Kier alpha value is -1.04. The topological polar surface area (TPSA) is 70.1 Å². The van der Waals surface area contributed by atoms with Gasteiger partial charge in [0.2, 0.25) is 0 Å². The summed E-state index contributed by atoms with van der Waals surface area (Å²) >= 11 is 0. The van der Waals surface area contributed by atoms with Gasteiger partial charge in [-0.05, 0) is 0 Å². The van der Waals surface area contributed by atoms with Crippen LogP contribution in [0.2, 0.25) is 0 Å². The van der Waals surface area contributed by atoms with Crippen molar-refractivity contribution in [1.29, 1.82) is 0 Å². The second-order valence-corrected chi connectivity index (χ2v) is 3.14. The number of rotatable bonds is 2. The van der Waals surface area contributed by atoms with Gasteiger partial charge in [-0.1, -0.05) is 0 Å². The lowest BCUT2D eigenvalue weighted by molar-refractivity contribution is 0.123. The minimum Gasteiger partial charge on any atom is -0.388 e. The van der Waals surface area contributed by atoms with Gasteiger partial charge in [0.05, 0.1) is 6.10 Å².